The predicted molar refractivity (Wildman–Crippen MR) is 99.6 cm³/mol. The summed E-state index contributed by atoms with van der Waals surface area (Å²) in [4.78, 5) is 37.2. The molecule has 0 bridgehead atoms. The molecule has 0 saturated heterocycles. The van der Waals surface area contributed by atoms with Gasteiger partial charge in [0.1, 0.15) is 0 Å². The molecule has 0 spiro atoms. The Hall–Kier alpha value is -3.57. The van der Waals surface area contributed by atoms with E-state index in [1.54, 1.807) is 24.3 Å². The van der Waals surface area contributed by atoms with E-state index in [2.05, 4.69) is 0 Å². The van der Waals surface area contributed by atoms with Crippen molar-refractivity contribution >= 4 is 23.1 Å². The van der Waals surface area contributed by atoms with Gasteiger partial charge < -0.3 is 10.0 Å². The van der Waals surface area contributed by atoms with Crippen LogP contribution in [0, 0.1) is 21.4 Å². The Morgan fingerprint density at radius 3 is 2.54 bits per heavy atom. The number of amides is 1. The van der Waals surface area contributed by atoms with Crippen LogP contribution < -0.4 is 4.90 Å². The van der Waals surface area contributed by atoms with Crippen LogP contribution in [-0.2, 0) is 10.4 Å². The average Bonchev–Trinajstić information content (AvgIpc) is 2.90. The van der Waals surface area contributed by atoms with E-state index >= 15 is 0 Å². The van der Waals surface area contributed by atoms with Crippen molar-refractivity contribution in [1.82, 2.24) is 0 Å². The highest BCUT2D eigenvalue weighted by Crippen LogP contribution is 2.42. The molecule has 0 fully saturated rings. The van der Waals surface area contributed by atoms with E-state index in [4.69, 9.17) is 5.26 Å². The number of unbranched alkanes of at least 4 members (excludes halogenated alkanes) is 1. The molecule has 142 valence electrons. The number of aliphatic hydroxyl groups is 1. The van der Waals surface area contributed by atoms with Crippen molar-refractivity contribution in [2.24, 2.45) is 0 Å². The summed E-state index contributed by atoms with van der Waals surface area (Å²) in [5, 5.41) is 30.6. The molecular formula is C20H17N3O5. The third-order valence-electron chi connectivity index (χ3n) is 4.73. The monoisotopic (exact) mass is 379 g/mol. The van der Waals surface area contributed by atoms with E-state index in [0.717, 1.165) is 0 Å². The predicted octanol–water partition coefficient (Wildman–Crippen LogP) is 2.71. The maximum Gasteiger partial charge on any atom is 0.269 e. The van der Waals surface area contributed by atoms with Gasteiger partial charge in [0.15, 0.2) is 11.4 Å². The maximum atomic E-state index is 12.9. The second-order valence-electron chi connectivity index (χ2n) is 6.50. The van der Waals surface area contributed by atoms with E-state index in [1.165, 1.54) is 29.2 Å². The van der Waals surface area contributed by atoms with Gasteiger partial charge in [0, 0.05) is 36.2 Å². The molecule has 0 aliphatic carbocycles. The minimum atomic E-state index is -2.01. The van der Waals surface area contributed by atoms with Gasteiger partial charge in [-0.15, -0.1) is 0 Å². The zero-order valence-corrected chi connectivity index (χ0v) is 14.9. The summed E-state index contributed by atoms with van der Waals surface area (Å²) in [6, 6.07) is 13.7. The molecule has 0 unspecified atom stereocenters. The SMILES string of the molecule is N#CCCCN1C(=O)[C@](O)(CC(=O)c2ccc([N+](=O)[O-])cc2)c2ccccc21. The molecule has 8 heteroatoms. The molecule has 1 amide bonds. The van der Waals surface area contributed by atoms with E-state index in [9.17, 15) is 24.8 Å². The number of nitrogens with zero attached hydrogens (tertiary/aromatic N) is 3. The number of non-ortho nitro benzene ring substituents is 1. The number of fused-ring (bicyclic) bond motifs is 1. The van der Waals surface area contributed by atoms with Gasteiger partial charge in [-0.05, 0) is 24.6 Å². The fourth-order valence-electron chi connectivity index (χ4n) is 3.32. The first kappa shape index (κ1) is 19.2. The van der Waals surface area contributed by atoms with Crippen molar-refractivity contribution in [3.05, 3.63) is 69.8 Å². The highest BCUT2D eigenvalue weighted by Gasteiger charge is 2.50. The largest absolute Gasteiger partial charge is 0.375 e. The quantitative estimate of drug-likeness (QED) is 0.341. The van der Waals surface area contributed by atoms with Crippen LogP contribution in [0.15, 0.2) is 48.5 Å². The van der Waals surface area contributed by atoms with Crippen LogP contribution in [0.25, 0.3) is 0 Å². The molecular weight excluding hydrogens is 362 g/mol. The minimum Gasteiger partial charge on any atom is -0.375 e. The van der Waals surface area contributed by atoms with Crippen LogP contribution in [0.1, 0.15) is 35.2 Å². The highest BCUT2D eigenvalue weighted by molar-refractivity contribution is 6.10. The summed E-state index contributed by atoms with van der Waals surface area (Å²) in [5.41, 5.74) is -1.13. The van der Waals surface area contributed by atoms with Gasteiger partial charge in [-0.25, -0.2) is 0 Å². The van der Waals surface area contributed by atoms with Gasteiger partial charge in [0.05, 0.1) is 23.1 Å². The van der Waals surface area contributed by atoms with Crippen LogP contribution >= 0.6 is 0 Å². The number of benzene rings is 2. The number of para-hydroxylation sites is 1. The molecule has 1 N–H and O–H groups in total. The Labute approximate surface area is 160 Å². The Morgan fingerprint density at radius 1 is 1.21 bits per heavy atom. The fraction of sp³-hybridized carbons (Fsp3) is 0.250. The van der Waals surface area contributed by atoms with Crippen LogP contribution in [-0.4, -0.2) is 28.3 Å². The lowest BCUT2D eigenvalue weighted by Crippen LogP contribution is -2.42. The van der Waals surface area contributed by atoms with Crippen LogP contribution in [0.4, 0.5) is 11.4 Å². The number of anilines is 1. The van der Waals surface area contributed by atoms with Gasteiger partial charge in [-0.3, -0.25) is 19.7 Å². The summed E-state index contributed by atoms with van der Waals surface area (Å²) < 4.78 is 0. The van der Waals surface area contributed by atoms with Crippen molar-refractivity contribution in [2.75, 3.05) is 11.4 Å². The summed E-state index contributed by atoms with van der Waals surface area (Å²) in [6.07, 6.45) is 0.241. The van der Waals surface area contributed by atoms with Crippen LogP contribution in [0.3, 0.4) is 0 Å². The number of hydrogen-bond acceptors (Lipinski definition) is 6. The van der Waals surface area contributed by atoms with Crippen molar-refractivity contribution < 1.29 is 19.6 Å². The highest BCUT2D eigenvalue weighted by atomic mass is 16.6. The molecule has 1 atom stereocenters. The van der Waals surface area contributed by atoms with Gasteiger partial charge >= 0.3 is 0 Å². The molecule has 0 radical (unpaired) electrons. The summed E-state index contributed by atoms with van der Waals surface area (Å²) in [6.45, 7) is 0.261. The lowest BCUT2D eigenvalue weighted by atomic mass is 9.88. The average molecular weight is 379 g/mol. The number of ketones is 1. The maximum absolute atomic E-state index is 12.9. The molecule has 0 aromatic heterocycles. The summed E-state index contributed by atoms with van der Waals surface area (Å²) in [7, 11) is 0. The molecule has 1 aliphatic heterocycles. The summed E-state index contributed by atoms with van der Waals surface area (Å²) in [5.74, 6) is -1.11. The Kier molecular flexibility index (Phi) is 5.20. The number of nitro benzene ring substituents is 1. The normalized spacial score (nSPS) is 17.9. The van der Waals surface area contributed by atoms with Crippen molar-refractivity contribution in [2.45, 2.75) is 24.9 Å². The van der Waals surface area contributed by atoms with Gasteiger partial charge in [-0.2, -0.15) is 5.26 Å². The van der Waals surface area contributed by atoms with E-state index in [-0.39, 0.29) is 24.2 Å². The molecule has 1 aliphatic rings. The topological polar surface area (TPSA) is 125 Å². The number of hydrogen-bond donors (Lipinski definition) is 1. The Balaban J connectivity index is 1.87. The second-order valence-corrected chi connectivity index (χ2v) is 6.50. The lowest BCUT2D eigenvalue weighted by molar-refractivity contribution is -0.384. The summed E-state index contributed by atoms with van der Waals surface area (Å²) >= 11 is 0. The van der Waals surface area contributed by atoms with E-state index < -0.39 is 28.6 Å². The third-order valence-corrected chi connectivity index (χ3v) is 4.73. The zero-order chi connectivity index (χ0) is 20.3. The number of nitriles is 1. The smallest absolute Gasteiger partial charge is 0.269 e. The third kappa shape index (κ3) is 3.35. The minimum absolute atomic E-state index is 0.152. The fourth-order valence-corrected chi connectivity index (χ4v) is 3.32. The van der Waals surface area contributed by atoms with Crippen LogP contribution in [0.5, 0.6) is 0 Å². The van der Waals surface area contributed by atoms with Gasteiger partial charge in [-0.1, -0.05) is 18.2 Å². The second kappa shape index (κ2) is 7.58. The van der Waals surface area contributed by atoms with Crippen molar-refractivity contribution in [1.29, 1.82) is 5.26 Å². The van der Waals surface area contributed by atoms with E-state index in [0.29, 0.717) is 17.7 Å². The Morgan fingerprint density at radius 2 is 1.89 bits per heavy atom. The van der Waals surface area contributed by atoms with Gasteiger partial charge in [0.2, 0.25) is 0 Å². The molecule has 28 heavy (non-hydrogen) atoms. The molecule has 8 nitrogen and oxygen atoms in total. The standard InChI is InChI=1S/C20H17N3O5/c21-11-3-4-12-22-17-6-2-1-5-16(17)20(26,19(22)25)13-18(24)14-7-9-15(10-8-14)23(27)28/h1-2,5-10,26H,3-4,12-13H2/t20-/m0/s1. The number of nitro groups is 1. The van der Waals surface area contributed by atoms with Crippen LogP contribution in [0.2, 0.25) is 0 Å². The number of Topliss-reactive ketones (excluding diaryl/α,β-unsaturated/α-hetero) is 1. The first-order valence-electron chi connectivity index (χ1n) is 8.67. The number of rotatable bonds is 7. The van der Waals surface area contributed by atoms with Crippen molar-refractivity contribution in [3.8, 4) is 6.07 Å². The van der Waals surface area contributed by atoms with Crippen molar-refractivity contribution in [3.63, 3.8) is 0 Å². The van der Waals surface area contributed by atoms with Gasteiger partial charge in [0.25, 0.3) is 11.6 Å². The molecule has 0 saturated carbocycles. The number of carbonyl (C=O) groups is 2. The molecule has 2 aromatic carbocycles. The Bertz CT molecular complexity index is 980. The first-order chi connectivity index (χ1) is 13.4. The van der Waals surface area contributed by atoms with E-state index in [1.807, 2.05) is 6.07 Å². The molecule has 1 heterocycles. The first-order valence-corrected chi connectivity index (χ1v) is 8.67. The zero-order valence-electron chi connectivity index (χ0n) is 14.9. The molecule has 2 aromatic rings. The molecule has 3 rings (SSSR count). The lowest BCUT2D eigenvalue weighted by Gasteiger charge is -2.22. The number of carbonyl (C=O) groups excluding carboxylic acids is 2.